The summed E-state index contributed by atoms with van der Waals surface area (Å²) in [5, 5.41) is 14.5. The monoisotopic (exact) mass is 295 g/mol. The maximum absolute atomic E-state index is 10.8. The zero-order chi connectivity index (χ0) is 15.3. The third kappa shape index (κ3) is 5.56. The molecule has 0 aromatic rings. The first-order chi connectivity index (χ1) is 9.92. The van der Waals surface area contributed by atoms with Gasteiger partial charge in [-0.1, -0.05) is 46.5 Å². The van der Waals surface area contributed by atoms with E-state index < -0.39 is 5.60 Å². The summed E-state index contributed by atoms with van der Waals surface area (Å²) in [5.41, 5.74) is -0.00737. The second-order valence-electron chi connectivity index (χ2n) is 8.63. The number of rotatable bonds is 5. The van der Waals surface area contributed by atoms with E-state index in [9.17, 15) is 5.11 Å². The molecule has 2 atom stereocenters. The molecule has 2 fully saturated rings. The maximum atomic E-state index is 10.8. The molecule has 2 nitrogen and oxygen atoms in total. The Morgan fingerprint density at radius 2 is 1.71 bits per heavy atom. The van der Waals surface area contributed by atoms with Gasteiger partial charge in [-0.25, -0.2) is 0 Å². The second kappa shape index (κ2) is 7.46. The highest BCUT2D eigenvalue weighted by molar-refractivity contribution is 4.91. The predicted octanol–water partition coefficient (Wildman–Crippen LogP) is 4.66. The molecule has 21 heavy (non-hydrogen) atoms. The summed E-state index contributed by atoms with van der Waals surface area (Å²) in [6, 6.07) is 0.644. The summed E-state index contributed by atoms with van der Waals surface area (Å²) in [5.74, 6) is 0.959. The molecule has 124 valence electrons. The highest BCUT2D eigenvalue weighted by Crippen LogP contribution is 2.40. The summed E-state index contributed by atoms with van der Waals surface area (Å²) < 4.78 is 0. The molecule has 0 heterocycles. The highest BCUT2D eigenvalue weighted by Gasteiger charge is 2.36. The molecule has 2 unspecified atom stereocenters. The molecule has 0 saturated heterocycles. The molecule has 2 heteroatoms. The van der Waals surface area contributed by atoms with Crippen LogP contribution in [0.4, 0.5) is 0 Å². The lowest BCUT2D eigenvalue weighted by atomic mass is 9.71. The molecule has 0 aromatic carbocycles. The molecule has 0 spiro atoms. The van der Waals surface area contributed by atoms with E-state index in [2.05, 4.69) is 26.1 Å². The van der Waals surface area contributed by atoms with Gasteiger partial charge in [-0.2, -0.15) is 0 Å². The number of hydrogen-bond donors (Lipinski definition) is 2. The first kappa shape index (κ1) is 17.3. The van der Waals surface area contributed by atoms with Crippen molar-refractivity contribution in [2.75, 3.05) is 6.54 Å². The third-order valence-corrected chi connectivity index (χ3v) is 6.04. The van der Waals surface area contributed by atoms with Gasteiger partial charge in [0.05, 0.1) is 5.60 Å². The molecular weight excluding hydrogens is 258 g/mol. The average Bonchev–Trinajstić information content (AvgIpc) is 2.67. The van der Waals surface area contributed by atoms with Crippen LogP contribution in [0.1, 0.15) is 91.4 Å². The van der Waals surface area contributed by atoms with Crippen molar-refractivity contribution >= 4 is 0 Å². The van der Waals surface area contributed by atoms with Crippen LogP contribution in [0.2, 0.25) is 0 Å². The maximum Gasteiger partial charge on any atom is 0.0772 e. The van der Waals surface area contributed by atoms with Crippen LogP contribution in [0, 0.1) is 11.3 Å². The van der Waals surface area contributed by atoms with Crippen molar-refractivity contribution in [3.05, 3.63) is 0 Å². The lowest BCUT2D eigenvalue weighted by molar-refractivity contribution is -0.0263. The van der Waals surface area contributed by atoms with Gasteiger partial charge in [0.25, 0.3) is 0 Å². The summed E-state index contributed by atoms with van der Waals surface area (Å²) in [7, 11) is 0. The van der Waals surface area contributed by atoms with Crippen LogP contribution in [0.25, 0.3) is 0 Å². The van der Waals surface area contributed by atoms with Crippen LogP contribution in [-0.4, -0.2) is 23.3 Å². The standard InChI is InChI=1S/C19H37NO/c1-4-6-16-7-5-8-17(10-9-16)20-15-19(21)13-11-18(2,3)12-14-19/h16-17,20-21H,4-15H2,1-3H3. The van der Waals surface area contributed by atoms with Crippen molar-refractivity contribution in [1.82, 2.24) is 5.32 Å². The molecule has 0 aromatic heterocycles. The van der Waals surface area contributed by atoms with E-state index in [-0.39, 0.29) is 0 Å². The van der Waals surface area contributed by atoms with E-state index in [4.69, 9.17) is 0 Å². The summed E-state index contributed by atoms with van der Waals surface area (Å²) in [6.45, 7) is 7.78. The second-order valence-corrected chi connectivity index (χ2v) is 8.63. The molecule has 2 saturated carbocycles. The van der Waals surface area contributed by atoms with Gasteiger partial charge < -0.3 is 10.4 Å². The summed E-state index contributed by atoms with van der Waals surface area (Å²) >= 11 is 0. The SMILES string of the molecule is CCCC1CCCC(NCC2(O)CCC(C)(C)CC2)CC1. The van der Waals surface area contributed by atoms with E-state index in [1.54, 1.807) is 0 Å². The smallest absolute Gasteiger partial charge is 0.0772 e. The number of aliphatic hydroxyl groups is 1. The number of nitrogens with one attached hydrogen (secondary N) is 1. The van der Waals surface area contributed by atoms with Gasteiger partial charge in [0.1, 0.15) is 0 Å². The Morgan fingerprint density at radius 3 is 2.38 bits per heavy atom. The van der Waals surface area contributed by atoms with Gasteiger partial charge in [-0.3, -0.25) is 0 Å². The van der Waals surface area contributed by atoms with Crippen molar-refractivity contribution in [2.24, 2.45) is 11.3 Å². The largest absolute Gasteiger partial charge is 0.389 e. The van der Waals surface area contributed by atoms with E-state index in [1.807, 2.05) is 0 Å². The molecule has 0 aliphatic heterocycles. The lowest BCUT2D eigenvalue weighted by Gasteiger charge is -2.41. The molecule has 0 bridgehead atoms. The molecular formula is C19H37NO. The van der Waals surface area contributed by atoms with Gasteiger partial charge in [0.2, 0.25) is 0 Å². The van der Waals surface area contributed by atoms with Crippen LogP contribution >= 0.6 is 0 Å². The molecule has 2 N–H and O–H groups in total. The quantitative estimate of drug-likeness (QED) is 0.723. The summed E-state index contributed by atoms with van der Waals surface area (Å²) in [4.78, 5) is 0. The van der Waals surface area contributed by atoms with Crippen LogP contribution in [0.15, 0.2) is 0 Å². The first-order valence-electron chi connectivity index (χ1n) is 9.38. The Kier molecular flexibility index (Phi) is 6.14. The zero-order valence-corrected chi connectivity index (χ0v) is 14.6. The molecule has 2 aliphatic rings. The predicted molar refractivity (Wildman–Crippen MR) is 90.5 cm³/mol. The van der Waals surface area contributed by atoms with Gasteiger partial charge >= 0.3 is 0 Å². The average molecular weight is 296 g/mol. The van der Waals surface area contributed by atoms with E-state index in [1.165, 1.54) is 44.9 Å². The molecule has 0 radical (unpaired) electrons. The summed E-state index contributed by atoms with van der Waals surface area (Å²) in [6.07, 6.45) is 13.8. The minimum absolute atomic E-state index is 0.432. The fourth-order valence-corrected chi connectivity index (χ4v) is 4.18. The van der Waals surface area contributed by atoms with E-state index in [0.29, 0.717) is 11.5 Å². The Bertz CT molecular complexity index is 303. The molecule has 2 rings (SSSR count). The van der Waals surface area contributed by atoms with Crippen molar-refractivity contribution in [3.63, 3.8) is 0 Å². The zero-order valence-electron chi connectivity index (χ0n) is 14.6. The fraction of sp³-hybridized carbons (Fsp3) is 1.00. The third-order valence-electron chi connectivity index (χ3n) is 6.04. The highest BCUT2D eigenvalue weighted by atomic mass is 16.3. The van der Waals surface area contributed by atoms with E-state index in [0.717, 1.165) is 38.1 Å². The van der Waals surface area contributed by atoms with Gasteiger partial charge in [0.15, 0.2) is 0 Å². The normalized spacial score (nSPS) is 32.6. The van der Waals surface area contributed by atoms with Gasteiger partial charge in [-0.15, -0.1) is 0 Å². The van der Waals surface area contributed by atoms with Crippen molar-refractivity contribution < 1.29 is 5.11 Å². The van der Waals surface area contributed by atoms with Crippen LogP contribution in [-0.2, 0) is 0 Å². The minimum atomic E-state index is -0.440. The first-order valence-corrected chi connectivity index (χ1v) is 9.38. The Hall–Kier alpha value is -0.0800. The molecule has 2 aliphatic carbocycles. The fourth-order valence-electron chi connectivity index (χ4n) is 4.18. The Labute approximate surface area is 132 Å². The van der Waals surface area contributed by atoms with Crippen LogP contribution in [0.5, 0.6) is 0 Å². The van der Waals surface area contributed by atoms with Crippen molar-refractivity contribution in [1.29, 1.82) is 0 Å². The van der Waals surface area contributed by atoms with Crippen molar-refractivity contribution in [2.45, 2.75) is 103 Å². The minimum Gasteiger partial charge on any atom is -0.389 e. The van der Waals surface area contributed by atoms with Crippen molar-refractivity contribution in [3.8, 4) is 0 Å². The Morgan fingerprint density at radius 1 is 1.00 bits per heavy atom. The van der Waals surface area contributed by atoms with E-state index >= 15 is 0 Å². The topological polar surface area (TPSA) is 32.3 Å². The Balaban J connectivity index is 1.73. The van der Waals surface area contributed by atoms with Crippen LogP contribution < -0.4 is 5.32 Å². The molecule has 0 amide bonds. The lowest BCUT2D eigenvalue weighted by Crippen LogP contribution is -2.47. The number of hydrogen-bond acceptors (Lipinski definition) is 2. The van der Waals surface area contributed by atoms with Gasteiger partial charge in [-0.05, 0) is 56.3 Å². The van der Waals surface area contributed by atoms with Gasteiger partial charge in [0, 0.05) is 12.6 Å². The van der Waals surface area contributed by atoms with Crippen LogP contribution in [0.3, 0.4) is 0 Å².